The van der Waals surface area contributed by atoms with Crippen molar-refractivity contribution < 1.29 is 38.7 Å². The van der Waals surface area contributed by atoms with Crippen molar-refractivity contribution in [2.24, 2.45) is 0 Å². The molecule has 0 bridgehead atoms. The summed E-state index contributed by atoms with van der Waals surface area (Å²) in [4.78, 5) is 38.1. The summed E-state index contributed by atoms with van der Waals surface area (Å²) in [6, 6.07) is 11.2. The minimum absolute atomic E-state index is 0.0419. The van der Waals surface area contributed by atoms with Gasteiger partial charge in [-0.2, -0.15) is 0 Å². The second-order valence-electron chi connectivity index (χ2n) is 10.3. The predicted octanol–water partition coefficient (Wildman–Crippen LogP) is 2.88. The van der Waals surface area contributed by atoms with Crippen molar-refractivity contribution >= 4 is 28.5 Å². The number of benzene rings is 2. The number of hydrogen-bond acceptors (Lipinski definition) is 12. The van der Waals surface area contributed by atoms with Gasteiger partial charge in [0, 0.05) is 24.9 Å². The summed E-state index contributed by atoms with van der Waals surface area (Å²) in [7, 11) is 4.54. The highest BCUT2D eigenvalue weighted by Crippen LogP contribution is 2.38. The fourth-order valence-corrected chi connectivity index (χ4v) is 5.18. The number of fused-ring (bicyclic) bond motifs is 1. The van der Waals surface area contributed by atoms with Crippen LogP contribution >= 0.6 is 0 Å². The van der Waals surface area contributed by atoms with E-state index in [4.69, 9.17) is 18.9 Å². The van der Waals surface area contributed by atoms with Gasteiger partial charge in [-0.1, -0.05) is 31.2 Å². The van der Waals surface area contributed by atoms with Gasteiger partial charge >= 0.3 is 0 Å². The number of hydrogen-bond donors (Lipinski definition) is 3. The van der Waals surface area contributed by atoms with E-state index in [0.717, 1.165) is 11.1 Å². The van der Waals surface area contributed by atoms with Crippen LogP contribution in [0.25, 0.3) is 11.2 Å². The topological polar surface area (TPSA) is 167 Å². The van der Waals surface area contributed by atoms with Gasteiger partial charge in [-0.15, -0.1) is 0 Å². The molecule has 3 heterocycles. The molecule has 4 atom stereocenters. The molecule has 44 heavy (non-hydrogen) atoms. The molecular formula is C31H35N5O8. The maximum absolute atomic E-state index is 12.9. The van der Waals surface area contributed by atoms with Gasteiger partial charge in [-0.25, -0.2) is 15.0 Å². The molecule has 232 valence electrons. The predicted molar refractivity (Wildman–Crippen MR) is 159 cm³/mol. The van der Waals surface area contributed by atoms with Crippen LogP contribution in [0.15, 0.2) is 49.1 Å². The molecule has 1 aliphatic heterocycles. The Hall–Kier alpha value is -4.59. The molecule has 2 aromatic carbocycles. The fraction of sp³-hybridized carbons (Fsp3) is 0.387. The quantitative estimate of drug-likeness (QED) is 0.191. The van der Waals surface area contributed by atoms with E-state index >= 15 is 0 Å². The minimum Gasteiger partial charge on any atom is -0.493 e. The summed E-state index contributed by atoms with van der Waals surface area (Å²) in [6.45, 7) is 2.11. The van der Waals surface area contributed by atoms with Crippen LogP contribution < -0.4 is 19.5 Å². The number of nitrogens with one attached hydrogen (secondary N) is 1. The Morgan fingerprint density at radius 2 is 1.64 bits per heavy atom. The SMILES string of the molecule is CCC(=O)[C@H]1O[C@@H](n2cnc3c(NCc4ccc(CCC(=O)c5cc(OC)c(OC)c(OC)c5)cc4)ncnc32)C(O)[C@H]1O. The van der Waals surface area contributed by atoms with Gasteiger partial charge in [-0.3, -0.25) is 14.2 Å². The molecule has 1 fully saturated rings. The molecule has 0 saturated carbocycles. The molecule has 4 aromatic rings. The average Bonchev–Trinajstić information content (AvgIpc) is 3.62. The van der Waals surface area contributed by atoms with Gasteiger partial charge in [0.1, 0.15) is 24.6 Å². The number of rotatable bonds is 13. The molecule has 0 spiro atoms. The highest BCUT2D eigenvalue weighted by Gasteiger charge is 2.47. The third kappa shape index (κ3) is 6.07. The Morgan fingerprint density at radius 3 is 2.27 bits per heavy atom. The first kappa shape index (κ1) is 30.9. The zero-order valence-electron chi connectivity index (χ0n) is 24.9. The summed E-state index contributed by atoms with van der Waals surface area (Å²) >= 11 is 0. The van der Waals surface area contributed by atoms with Gasteiger partial charge in [-0.05, 0) is 29.7 Å². The van der Waals surface area contributed by atoms with E-state index in [2.05, 4.69) is 20.3 Å². The molecule has 0 radical (unpaired) electrons. The van der Waals surface area contributed by atoms with E-state index in [1.54, 1.807) is 19.1 Å². The number of carbonyl (C=O) groups excluding carboxylic acids is 2. The number of aromatic nitrogens is 4. The Kier molecular flexibility index (Phi) is 9.37. The number of ketones is 2. The lowest BCUT2D eigenvalue weighted by atomic mass is 10.0. The van der Waals surface area contributed by atoms with Crippen LogP contribution in [0.3, 0.4) is 0 Å². The van der Waals surface area contributed by atoms with Gasteiger partial charge in [0.25, 0.3) is 0 Å². The molecule has 5 rings (SSSR count). The van der Waals surface area contributed by atoms with Gasteiger partial charge < -0.3 is 34.5 Å². The van der Waals surface area contributed by atoms with Crippen molar-refractivity contribution in [3.8, 4) is 17.2 Å². The molecule has 0 aliphatic carbocycles. The normalized spacial score (nSPS) is 19.6. The number of imidazole rings is 1. The molecule has 1 unspecified atom stereocenters. The number of nitrogens with zero attached hydrogens (tertiary/aromatic N) is 4. The summed E-state index contributed by atoms with van der Waals surface area (Å²) < 4.78 is 23.3. The van der Waals surface area contributed by atoms with Crippen LogP contribution in [0.5, 0.6) is 17.2 Å². The van der Waals surface area contributed by atoms with E-state index < -0.39 is 24.5 Å². The Labute approximate surface area is 253 Å². The van der Waals surface area contributed by atoms with Crippen molar-refractivity contribution in [1.29, 1.82) is 0 Å². The first-order valence-corrected chi connectivity index (χ1v) is 14.2. The van der Waals surface area contributed by atoms with E-state index in [1.165, 1.54) is 38.6 Å². The third-order valence-corrected chi connectivity index (χ3v) is 7.65. The Morgan fingerprint density at radius 1 is 0.955 bits per heavy atom. The number of anilines is 1. The Balaban J connectivity index is 1.21. The number of ether oxygens (including phenoxy) is 4. The standard InChI is InChI=1S/C31H35N5O8/c1-5-20(37)27-25(39)26(40)31(44-27)36-16-35-24-29(33-15-34-30(24)36)32-14-18-8-6-17(7-9-18)10-11-21(38)19-12-22(41-2)28(43-4)23(13-19)42-3/h6-9,12-13,15-16,25-27,31,39-40H,5,10-11,14H2,1-4H3,(H,32,33,34)/t25-,26?,27-,31-/m1/s1. The number of aliphatic hydroxyl groups is 2. The molecule has 2 aromatic heterocycles. The second-order valence-corrected chi connectivity index (χ2v) is 10.3. The molecule has 1 saturated heterocycles. The molecule has 0 amide bonds. The summed E-state index contributed by atoms with van der Waals surface area (Å²) in [6.07, 6.45) is -0.963. The number of methoxy groups -OCH3 is 3. The van der Waals surface area contributed by atoms with Crippen LogP contribution in [-0.2, 0) is 22.5 Å². The second kappa shape index (κ2) is 13.4. The van der Waals surface area contributed by atoms with Gasteiger partial charge in [0.05, 0.1) is 27.7 Å². The van der Waals surface area contributed by atoms with Crippen LogP contribution in [0, 0.1) is 0 Å². The lowest BCUT2D eigenvalue weighted by Gasteiger charge is -2.16. The van der Waals surface area contributed by atoms with Crippen LogP contribution in [0.4, 0.5) is 5.82 Å². The minimum atomic E-state index is -1.35. The third-order valence-electron chi connectivity index (χ3n) is 7.65. The van der Waals surface area contributed by atoms with Crippen molar-refractivity contribution in [2.75, 3.05) is 26.6 Å². The van der Waals surface area contributed by atoms with Crippen LogP contribution in [-0.4, -0.2) is 80.9 Å². The summed E-state index contributed by atoms with van der Waals surface area (Å²) in [5.41, 5.74) is 3.31. The maximum Gasteiger partial charge on any atom is 0.203 e. The van der Waals surface area contributed by atoms with E-state index in [1.807, 2.05) is 24.3 Å². The number of carbonyl (C=O) groups is 2. The maximum atomic E-state index is 12.9. The molecule has 1 aliphatic rings. The van der Waals surface area contributed by atoms with Gasteiger partial charge in [0.15, 0.2) is 46.3 Å². The van der Waals surface area contributed by atoms with Crippen molar-refractivity contribution in [3.05, 3.63) is 65.7 Å². The number of aryl methyl sites for hydroxylation is 1. The van der Waals surface area contributed by atoms with Crippen LogP contribution in [0.2, 0.25) is 0 Å². The smallest absolute Gasteiger partial charge is 0.203 e. The highest BCUT2D eigenvalue weighted by molar-refractivity contribution is 5.97. The zero-order chi connectivity index (χ0) is 31.4. The van der Waals surface area contributed by atoms with Crippen LogP contribution in [0.1, 0.15) is 47.5 Å². The monoisotopic (exact) mass is 605 g/mol. The Bertz CT molecular complexity index is 1620. The molecule has 13 nitrogen and oxygen atoms in total. The lowest BCUT2D eigenvalue weighted by molar-refractivity contribution is -0.135. The average molecular weight is 606 g/mol. The van der Waals surface area contributed by atoms with Crippen molar-refractivity contribution in [1.82, 2.24) is 19.5 Å². The van der Waals surface area contributed by atoms with Gasteiger partial charge in [0.2, 0.25) is 5.75 Å². The largest absolute Gasteiger partial charge is 0.493 e. The first-order chi connectivity index (χ1) is 21.3. The lowest BCUT2D eigenvalue weighted by Crippen LogP contribution is -2.35. The number of aliphatic hydroxyl groups excluding tert-OH is 2. The van der Waals surface area contributed by atoms with E-state index in [9.17, 15) is 19.8 Å². The van der Waals surface area contributed by atoms with Crippen molar-refractivity contribution in [3.63, 3.8) is 0 Å². The number of Topliss-reactive ketones (excluding diaryl/α,β-unsaturated/α-hetero) is 2. The summed E-state index contributed by atoms with van der Waals surface area (Å²) in [5, 5.41) is 24.2. The van der Waals surface area contributed by atoms with E-state index in [0.29, 0.717) is 59.2 Å². The van der Waals surface area contributed by atoms with Crippen molar-refractivity contribution in [2.45, 2.75) is 57.3 Å². The molecular weight excluding hydrogens is 570 g/mol. The zero-order valence-corrected chi connectivity index (χ0v) is 24.9. The first-order valence-electron chi connectivity index (χ1n) is 14.2. The molecule has 3 N–H and O–H groups in total. The molecule has 13 heteroatoms. The van der Waals surface area contributed by atoms with E-state index in [-0.39, 0.29) is 18.0 Å². The summed E-state index contributed by atoms with van der Waals surface area (Å²) in [5.74, 6) is 1.44. The highest BCUT2D eigenvalue weighted by atomic mass is 16.6. The fourth-order valence-electron chi connectivity index (χ4n) is 5.18.